The van der Waals surface area contributed by atoms with Crippen LogP contribution >= 0.6 is 0 Å². The quantitative estimate of drug-likeness (QED) is 0.685. The molecule has 0 aliphatic rings. The Morgan fingerprint density at radius 1 is 0.938 bits per heavy atom. The number of carboxylic acid groups (broad SMARTS) is 2. The van der Waals surface area contributed by atoms with E-state index in [2.05, 4.69) is 6.58 Å². The van der Waals surface area contributed by atoms with Gasteiger partial charge in [0.15, 0.2) is 0 Å². The first-order valence-electron chi connectivity index (χ1n) is 5.12. The molecule has 0 amide bonds. The normalized spacial score (nSPS) is 12.2. The van der Waals surface area contributed by atoms with Gasteiger partial charge in [0.25, 0.3) is 0 Å². The molecule has 0 aromatic heterocycles. The summed E-state index contributed by atoms with van der Waals surface area (Å²) in [5.41, 5.74) is -1.14. The number of allylic oxidation sites excluding steroid dienone is 1. The molecule has 4 heteroatoms. The molecule has 0 spiro atoms. The summed E-state index contributed by atoms with van der Waals surface area (Å²) in [5, 5.41) is 17.9. The van der Waals surface area contributed by atoms with Crippen LogP contribution in [0.5, 0.6) is 0 Å². The molecule has 0 heterocycles. The smallest absolute Gasteiger partial charge is 0.309 e. The fraction of sp³-hybridized carbons (Fsp3) is 0.667. The lowest BCUT2D eigenvalue weighted by atomic mass is 9.79. The molecular formula is C12H20O4. The van der Waals surface area contributed by atoms with Crippen LogP contribution < -0.4 is 0 Å². The molecule has 0 unspecified atom stereocenters. The summed E-state index contributed by atoms with van der Waals surface area (Å²) >= 11 is 0. The molecular weight excluding hydrogens is 208 g/mol. The van der Waals surface area contributed by atoms with Crippen molar-refractivity contribution in [3.8, 4) is 0 Å². The van der Waals surface area contributed by atoms with E-state index in [0.717, 1.165) is 0 Å². The molecule has 0 saturated carbocycles. The molecule has 4 nitrogen and oxygen atoms in total. The van der Waals surface area contributed by atoms with Crippen molar-refractivity contribution in [2.24, 2.45) is 10.8 Å². The Morgan fingerprint density at radius 2 is 1.19 bits per heavy atom. The van der Waals surface area contributed by atoms with E-state index in [1.54, 1.807) is 27.7 Å². The molecule has 0 radical (unpaired) electrons. The third-order valence-corrected chi connectivity index (χ3v) is 2.54. The zero-order chi connectivity index (χ0) is 13.1. The highest BCUT2D eigenvalue weighted by molar-refractivity contribution is 5.75. The summed E-state index contributed by atoms with van der Waals surface area (Å²) in [6.45, 7) is 10.2. The van der Waals surface area contributed by atoms with Gasteiger partial charge in [-0.15, -0.1) is 0 Å². The Labute approximate surface area is 96.0 Å². The van der Waals surface area contributed by atoms with E-state index in [1.807, 2.05) is 0 Å². The van der Waals surface area contributed by atoms with Gasteiger partial charge in [0.05, 0.1) is 10.8 Å². The number of hydrogen-bond acceptors (Lipinski definition) is 2. The molecule has 0 aliphatic heterocycles. The molecule has 0 aliphatic carbocycles. The van der Waals surface area contributed by atoms with Crippen molar-refractivity contribution in [2.75, 3.05) is 0 Å². The van der Waals surface area contributed by atoms with Crippen LogP contribution in [0.3, 0.4) is 0 Å². The minimum Gasteiger partial charge on any atom is -0.481 e. The summed E-state index contributed by atoms with van der Waals surface area (Å²) in [7, 11) is 0. The summed E-state index contributed by atoms with van der Waals surface area (Å²) in [5.74, 6) is -1.80. The van der Waals surface area contributed by atoms with Crippen LogP contribution in [0.25, 0.3) is 0 Å². The zero-order valence-corrected chi connectivity index (χ0v) is 10.3. The van der Waals surface area contributed by atoms with Crippen LogP contribution in [0.2, 0.25) is 0 Å². The second kappa shape index (κ2) is 4.68. The molecule has 0 bridgehead atoms. The minimum absolute atomic E-state index is 0.291. The lowest BCUT2D eigenvalue weighted by Crippen LogP contribution is -2.28. The van der Waals surface area contributed by atoms with Crippen LogP contribution in [-0.4, -0.2) is 22.2 Å². The first-order valence-corrected chi connectivity index (χ1v) is 5.12. The van der Waals surface area contributed by atoms with Gasteiger partial charge in [-0.05, 0) is 40.5 Å². The van der Waals surface area contributed by atoms with Crippen molar-refractivity contribution in [1.82, 2.24) is 0 Å². The summed E-state index contributed by atoms with van der Waals surface area (Å²) in [4.78, 5) is 21.8. The van der Waals surface area contributed by atoms with Crippen molar-refractivity contribution in [3.63, 3.8) is 0 Å². The predicted molar refractivity (Wildman–Crippen MR) is 61.2 cm³/mol. The molecule has 0 rings (SSSR count). The van der Waals surface area contributed by atoms with Gasteiger partial charge in [-0.2, -0.15) is 0 Å². The lowest BCUT2D eigenvalue weighted by Gasteiger charge is -2.25. The van der Waals surface area contributed by atoms with Crippen molar-refractivity contribution in [3.05, 3.63) is 12.2 Å². The summed E-state index contributed by atoms with van der Waals surface area (Å²) in [6, 6.07) is 0. The maximum atomic E-state index is 10.9. The fourth-order valence-electron chi connectivity index (χ4n) is 1.46. The average molecular weight is 228 g/mol. The highest BCUT2D eigenvalue weighted by atomic mass is 16.4. The Morgan fingerprint density at radius 3 is 1.38 bits per heavy atom. The Hall–Kier alpha value is -1.32. The third-order valence-electron chi connectivity index (χ3n) is 2.54. The summed E-state index contributed by atoms with van der Waals surface area (Å²) < 4.78 is 0. The van der Waals surface area contributed by atoms with Gasteiger partial charge in [0.2, 0.25) is 0 Å². The maximum absolute atomic E-state index is 10.9. The van der Waals surface area contributed by atoms with Gasteiger partial charge in [-0.3, -0.25) is 9.59 Å². The van der Waals surface area contributed by atoms with Gasteiger partial charge >= 0.3 is 11.9 Å². The van der Waals surface area contributed by atoms with Crippen LogP contribution in [0, 0.1) is 10.8 Å². The topological polar surface area (TPSA) is 74.6 Å². The standard InChI is InChI=1S/C12H20O4/c1-8(6-11(2,3)9(13)14)7-12(4,5)10(15)16/h1,6-7H2,2-5H3,(H,13,14)(H,15,16). The monoisotopic (exact) mass is 228 g/mol. The molecule has 0 aromatic rings. The van der Waals surface area contributed by atoms with Crippen LogP contribution in [0.1, 0.15) is 40.5 Å². The highest BCUT2D eigenvalue weighted by Gasteiger charge is 2.32. The van der Waals surface area contributed by atoms with E-state index in [4.69, 9.17) is 10.2 Å². The first kappa shape index (κ1) is 14.7. The molecule has 0 atom stereocenters. The number of rotatable bonds is 6. The van der Waals surface area contributed by atoms with E-state index >= 15 is 0 Å². The molecule has 0 fully saturated rings. The zero-order valence-electron chi connectivity index (χ0n) is 10.3. The average Bonchev–Trinajstić information content (AvgIpc) is 2.00. The molecule has 16 heavy (non-hydrogen) atoms. The lowest BCUT2D eigenvalue weighted by molar-refractivity contribution is -0.147. The molecule has 0 saturated heterocycles. The number of carboxylic acids is 2. The van der Waals surface area contributed by atoms with Gasteiger partial charge in [-0.25, -0.2) is 0 Å². The van der Waals surface area contributed by atoms with Crippen LogP contribution in [-0.2, 0) is 9.59 Å². The van der Waals surface area contributed by atoms with Crippen molar-refractivity contribution >= 4 is 11.9 Å². The van der Waals surface area contributed by atoms with Gasteiger partial charge in [0, 0.05) is 0 Å². The maximum Gasteiger partial charge on any atom is 0.309 e. The second-order valence-electron chi connectivity index (χ2n) is 5.48. The Kier molecular flexibility index (Phi) is 4.29. The van der Waals surface area contributed by atoms with E-state index in [9.17, 15) is 9.59 Å². The third kappa shape index (κ3) is 4.04. The minimum atomic E-state index is -0.901. The van der Waals surface area contributed by atoms with E-state index < -0.39 is 22.8 Å². The van der Waals surface area contributed by atoms with E-state index in [1.165, 1.54) is 0 Å². The first-order chi connectivity index (χ1) is 6.99. The number of carbonyl (C=O) groups is 2. The largest absolute Gasteiger partial charge is 0.481 e. The molecule has 0 aromatic carbocycles. The van der Waals surface area contributed by atoms with Gasteiger partial charge in [-0.1, -0.05) is 12.2 Å². The Balaban J connectivity index is 4.52. The van der Waals surface area contributed by atoms with Gasteiger partial charge in [0.1, 0.15) is 0 Å². The van der Waals surface area contributed by atoms with E-state index in [-0.39, 0.29) is 0 Å². The van der Waals surface area contributed by atoms with Crippen molar-refractivity contribution in [1.29, 1.82) is 0 Å². The van der Waals surface area contributed by atoms with E-state index in [0.29, 0.717) is 18.4 Å². The fourth-order valence-corrected chi connectivity index (χ4v) is 1.46. The number of hydrogen-bond donors (Lipinski definition) is 2. The Bertz CT molecular complexity index is 283. The van der Waals surface area contributed by atoms with Crippen molar-refractivity contribution < 1.29 is 19.8 Å². The second-order valence-corrected chi connectivity index (χ2v) is 5.48. The molecule has 92 valence electrons. The number of aliphatic carboxylic acids is 2. The van der Waals surface area contributed by atoms with Crippen LogP contribution in [0.4, 0.5) is 0 Å². The predicted octanol–water partition coefficient (Wildman–Crippen LogP) is 2.54. The van der Waals surface area contributed by atoms with Crippen molar-refractivity contribution in [2.45, 2.75) is 40.5 Å². The molecule has 2 N–H and O–H groups in total. The summed E-state index contributed by atoms with van der Waals surface area (Å²) in [6.07, 6.45) is 0.581. The highest BCUT2D eigenvalue weighted by Crippen LogP contribution is 2.32. The van der Waals surface area contributed by atoms with Crippen LogP contribution in [0.15, 0.2) is 12.2 Å². The SMILES string of the molecule is C=C(CC(C)(C)C(=O)O)CC(C)(C)C(=O)O. The van der Waals surface area contributed by atoms with Gasteiger partial charge < -0.3 is 10.2 Å².